The lowest BCUT2D eigenvalue weighted by molar-refractivity contribution is 1.08. The minimum Gasteiger partial charge on any atom is -0.287 e. The molecule has 1 aromatic heterocycles. The number of rotatable bonds is 2. The molecule has 0 amide bonds. The summed E-state index contributed by atoms with van der Waals surface area (Å²) in [6, 6.07) is 37.0. The van der Waals surface area contributed by atoms with Crippen molar-refractivity contribution in [1.82, 2.24) is 14.8 Å². The fourth-order valence-corrected chi connectivity index (χ4v) is 5.24. The molecule has 0 aliphatic heterocycles. The summed E-state index contributed by atoms with van der Waals surface area (Å²) in [4.78, 5) is 0. The van der Waals surface area contributed by atoms with E-state index in [1.165, 1.54) is 54.2 Å². The predicted molar refractivity (Wildman–Crippen MR) is 137 cm³/mol. The Hall–Kier alpha value is -4.50. The van der Waals surface area contributed by atoms with E-state index in [1.54, 1.807) is 12.7 Å². The Labute approximate surface area is 190 Å². The van der Waals surface area contributed by atoms with Gasteiger partial charge in [0, 0.05) is 10.8 Å². The monoisotopic (exact) mass is 421 g/mol. The highest BCUT2D eigenvalue weighted by molar-refractivity contribution is 6.26. The third-order valence-electron chi connectivity index (χ3n) is 6.62. The molecule has 0 unspecified atom stereocenters. The molecule has 0 saturated heterocycles. The molecule has 6 aromatic carbocycles. The van der Waals surface area contributed by atoms with Crippen LogP contribution < -0.4 is 0 Å². The van der Waals surface area contributed by atoms with Crippen LogP contribution in [0.2, 0.25) is 0 Å². The second-order valence-corrected chi connectivity index (χ2v) is 8.37. The number of benzene rings is 6. The first kappa shape index (κ1) is 18.1. The van der Waals surface area contributed by atoms with E-state index in [9.17, 15) is 0 Å². The average molecular weight is 422 g/mol. The molecule has 0 saturated carbocycles. The molecule has 1 heterocycles. The summed E-state index contributed by atoms with van der Waals surface area (Å²) < 4.78 is 2.05. The summed E-state index contributed by atoms with van der Waals surface area (Å²) in [5.41, 5.74) is 3.63. The van der Waals surface area contributed by atoms with E-state index in [1.807, 2.05) is 4.57 Å². The van der Waals surface area contributed by atoms with Crippen LogP contribution in [0.3, 0.4) is 0 Å². The van der Waals surface area contributed by atoms with Crippen molar-refractivity contribution in [3.8, 4) is 16.8 Å². The lowest BCUT2D eigenvalue weighted by atomic mass is 9.86. The second-order valence-electron chi connectivity index (χ2n) is 8.37. The second kappa shape index (κ2) is 7.01. The highest BCUT2D eigenvalue weighted by Gasteiger charge is 2.19. The van der Waals surface area contributed by atoms with Gasteiger partial charge in [0.05, 0.1) is 5.69 Å². The maximum atomic E-state index is 4.13. The number of aromatic nitrogens is 3. The first-order valence-electron chi connectivity index (χ1n) is 11.1. The van der Waals surface area contributed by atoms with Crippen molar-refractivity contribution in [3.63, 3.8) is 0 Å². The number of hydrogen-bond donors (Lipinski definition) is 0. The Kier molecular flexibility index (Phi) is 3.84. The Morgan fingerprint density at radius 2 is 1.06 bits per heavy atom. The summed E-state index contributed by atoms with van der Waals surface area (Å²) in [5.74, 6) is 0. The zero-order valence-corrected chi connectivity index (χ0v) is 17.8. The Bertz CT molecular complexity index is 1810. The van der Waals surface area contributed by atoms with Crippen molar-refractivity contribution in [3.05, 3.63) is 116 Å². The van der Waals surface area contributed by atoms with E-state index in [-0.39, 0.29) is 0 Å². The molecule has 154 valence electrons. The van der Waals surface area contributed by atoms with Gasteiger partial charge in [-0.05, 0) is 43.4 Å². The Morgan fingerprint density at radius 3 is 1.85 bits per heavy atom. The van der Waals surface area contributed by atoms with Gasteiger partial charge in [0.1, 0.15) is 12.7 Å². The van der Waals surface area contributed by atoms with Crippen LogP contribution in [0.1, 0.15) is 0 Å². The SMILES string of the molecule is c1ccc2c(-c3c4ccccc4c(-n4cnnc4)c4c3ccc3ccccc34)cccc2c1. The highest BCUT2D eigenvalue weighted by Crippen LogP contribution is 2.45. The highest BCUT2D eigenvalue weighted by atomic mass is 15.2. The first-order chi connectivity index (χ1) is 16.4. The van der Waals surface area contributed by atoms with Gasteiger partial charge in [-0.3, -0.25) is 4.57 Å². The van der Waals surface area contributed by atoms with Crippen molar-refractivity contribution < 1.29 is 0 Å². The Balaban J connectivity index is 1.79. The van der Waals surface area contributed by atoms with E-state index in [4.69, 9.17) is 0 Å². The minimum atomic E-state index is 1.12. The van der Waals surface area contributed by atoms with E-state index >= 15 is 0 Å². The molecule has 33 heavy (non-hydrogen) atoms. The maximum Gasteiger partial charge on any atom is 0.123 e. The van der Waals surface area contributed by atoms with E-state index < -0.39 is 0 Å². The molecule has 7 aromatic rings. The molecule has 0 bridgehead atoms. The van der Waals surface area contributed by atoms with Gasteiger partial charge in [0.2, 0.25) is 0 Å². The standard InChI is InChI=1S/C30H19N3/c1-3-11-22-20(8-1)10-7-15-24(22)28-25-13-5-6-14-26(25)30(33-18-31-32-19-33)29-23-12-4-2-9-21(23)16-17-27(28)29/h1-19H. The molecule has 3 heteroatoms. The molecule has 7 rings (SSSR count). The Morgan fingerprint density at radius 1 is 0.455 bits per heavy atom. The van der Waals surface area contributed by atoms with E-state index in [0.29, 0.717) is 0 Å². The summed E-state index contributed by atoms with van der Waals surface area (Å²) in [6.45, 7) is 0. The van der Waals surface area contributed by atoms with Crippen molar-refractivity contribution in [2.45, 2.75) is 0 Å². The molecule has 0 atom stereocenters. The van der Waals surface area contributed by atoms with E-state index in [0.717, 1.165) is 5.69 Å². The van der Waals surface area contributed by atoms with Crippen LogP contribution in [-0.4, -0.2) is 14.8 Å². The molecule has 0 radical (unpaired) electrons. The van der Waals surface area contributed by atoms with Gasteiger partial charge < -0.3 is 0 Å². The number of nitrogens with zero attached hydrogens (tertiary/aromatic N) is 3. The van der Waals surface area contributed by atoms with Crippen LogP contribution >= 0.6 is 0 Å². The van der Waals surface area contributed by atoms with Crippen LogP contribution in [0.4, 0.5) is 0 Å². The lowest BCUT2D eigenvalue weighted by Crippen LogP contribution is -1.98. The summed E-state index contributed by atoms with van der Waals surface area (Å²) in [5, 5.41) is 18.1. The summed E-state index contributed by atoms with van der Waals surface area (Å²) >= 11 is 0. The quantitative estimate of drug-likeness (QED) is 0.213. The number of hydrogen-bond acceptors (Lipinski definition) is 2. The van der Waals surface area contributed by atoms with Crippen LogP contribution in [-0.2, 0) is 0 Å². The molecular weight excluding hydrogens is 402 g/mol. The fourth-order valence-electron chi connectivity index (χ4n) is 5.24. The van der Waals surface area contributed by atoms with Gasteiger partial charge in [-0.25, -0.2) is 0 Å². The smallest absolute Gasteiger partial charge is 0.123 e. The predicted octanol–water partition coefficient (Wildman–Crippen LogP) is 7.55. The lowest BCUT2D eigenvalue weighted by Gasteiger charge is -2.20. The van der Waals surface area contributed by atoms with Crippen molar-refractivity contribution in [2.75, 3.05) is 0 Å². The van der Waals surface area contributed by atoms with Gasteiger partial charge >= 0.3 is 0 Å². The van der Waals surface area contributed by atoms with Crippen LogP contribution in [0, 0.1) is 0 Å². The van der Waals surface area contributed by atoms with Crippen molar-refractivity contribution in [1.29, 1.82) is 0 Å². The third kappa shape index (κ3) is 2.63. The molecule has 0 aliphatic rings. The average Bonchev–Trinajstić information content (AvgIpc) is 3.41. The molecule has 0 aliphatic carbocycles. The van der Waals surface area contributed by atoms with Gasteiger partial charge in [-0.2, -0.15) is 0 Å². The first-order valence-corrected chi connectivity index (χ1v) is 11.1. The fraction of sp³-hybridized carbons (Fsp3) is 0. The zero-order chi connectivity index (χ0) is 21.8. The van der Waals surface area contributed by atoms with Crippen LogP contribution in [0.15, 0.2) is 116 Å². The molecule has 0 fully saturated rings. The zero-order valence-electron chi connectivity index (χ0n) is 17.8. The van der Waals surface area contributed by atoms with Crippen LogP contribution in [0.25, 0.3) is 59.9 Å². The molecule has 0 spiro atoms. The van der Waals surface area contributed by atoms with Gasteiger partial charge in [0.25, 0.3) is 0 Å². The van der Waals surface area contributed by atoms with Crippen LogP contribution in [0.5, 0.6) is 0 Å². The van der Waals surface area contributed by atoms with Gasteiger partial charge in [-0.15, -0.1) is 10.2 Å². The van der Waals surface area contributed by atoms with Crippen molar-refractivity contribution >= 4 is 43.1 Å². The third-order valence-corrected chi connectivity index (χ3v) is 6.62. The maximum absolute atomic E-state index is 4.13. The van der Waals surface area contributed by atoms with Crippen molar-refractivity contribution in [2.24, 2.45) is 0 Å². The topological polar surface area (TPSA) is 30.7 Å². The molecule has 3 nitrogen and oxygen atoms in total. The van der Waals surface area contributed by atoms with Gasteiger partial charge in [0.15, 0.2) is 0 Å². The van der Waals surface area contributed by atoms with E-state index in [2.05, 4.69) is 113 Å². The van der Waals surface area contributed by atoms with Gasteiger partial charge in [-0.1, -0.05) is 103 Å². The largest absolute Gasteiger partial charge is 0.287 e. The minimum absolute atomic E-state index is 1.12. The molecular formula is C30H19N3. The normalized spacial score (nSPS) is 11.6. The number of fused-ring (bicyclic) bond motifs is 5. The molecule has 0 N–H and O–H groups in total. The summed E-state index contributed by atoms with van der Waals surface area (Å²) in [6.07, 6.45) is 3.58. The summed E-state index contributed by atoms with van der Waals surface area (Å²) in [7, 11) is 0.